The molecule has 2 aliphatic carbocycles. The first-order chi connectivity index (χ1) is 19.9. The molecule has 1 unspecified atom stereocenters. The summed E-state index contributed by atoms with van der Waals surface area (Å²) in [7, 11) is 1.44. The second-order valence-corrected chi connectivity index (χ2v) is 10.4. The molecule has 0 radical (unpaired) electrons. The van der Waals surface area contributed by atoms with Crippen LogP contribution in [-0.2, 0) is 24.2 Å². The molecule has 1 atom stereocenters. The van der Waals surface area contributed by atoms with Gasteiger partial charge in [-0.2, -0.15) is 9.78 Å². The molecule has 1 fully saturated rings. The molecule has 4 aromatic rings. The fourth-order valence-corrected chi connectivity index (χ4v) is 5.52. The Hall–Kier alpha value is -4.53. The van der Waals surface area contributed by atoms with E-state index in [1.165, 1.54) is 36.1 Å². The monoisotopic (exact) mass is 557 g/mol. The molecule has 210 valence electrons. The van der Waals surface area contributed by atoms with Crippen LogP contribution in [-0.4, -0.2) is 45.9 Å². The number of ether oxygens (including phenoxy) is 2. The smallest absolute Gasteiger partial charge is 0.435 e. The summed E-state index contributed by atoms with van der Waals surface area (Å²) in [6, 6.07) is 17.8. The van der Waals surface area contributed by atoms with E-state index in [0.717, 1.165) is 29.7 Å². The standard InChI is InChI=1S/C32H29F2N3O4/c1-40-29-17-21(30-26(33)8-5-9-27(30)34)10-14-25(29)31(38)37(23-11-12-23)24-13-15-28-22(16-24)18-36(35-28)32(39)41-19-20-6-3-2-4-7-20/h2-10,14,17-18,23-24H,11-13,15-16,19H2,1H3. The van der Waals surface area contributed by atoms with E-state index in [2.05, 4.69) is 5.10 Å². The number of aromatic nitrogens is 2. The molecule has 0 N–H and O–H groups in total. The van der Waals surface area contributed by atoms with Crippen LogP contribution < -0.4 is 4.74 Å². The third-order valence-corrected chi connectivity index (χ3v) is 7.69. The van der Waals surface area contributed by atoms with Crippen LogP contribution in [0.5, 0.6) is 5.75 Å². The maximum atomic E-state index is 14.4. The Morgan fingerprint density at radius 1 is 0.976 bits per heavy atom. The van der Waals surface area contributed by atoms with Crippen molar-refractivity contribution in [1.29, 1.82) is 0 Å². The number of benzene rings is 3. The molecule has 7 nitrogen and oxygen atoms in total. The Kier molecular flexibility index (Phi) is 7.26. The van der Waals surface area contributed by atoms with Crippen molar-refractivity contribution in [3.8, 4) is 16.9 Å². The third-order valence-electron chi connectivity index (χ3n) is 7.69. The molecule has 1 amide bonds. The van der Waals surface area contributed by atoms with Gasteiger partial charge in [-0.3, -0.25) is 4.79 Å². The number of carbonyl (C=O) groups is 2. The molecule has 1 aromatic heterocycles. The number of fused-ring (bicyclic) bond motifs is 1. The van der Waals surface area contributed by atoms with Gasteiger partial charge in [-0.15, -0.1) is 0 Å². The van der Waals surface area contributed by atoms with Gasteiger partial charge in [0.25, 0.3) is 5.91 Å². The van der Waals surface area contributed by atoms with Crippen molar-refractivity contribution in [2.24, 2.45) is 0 Å². The Labute approximate surface area is 236 Å². The molecule has 1 heterocycles. The highest BCUT2D eigenvalue weighted by Gasteiger charge is 2.40. The van der Waals surface area contributed by atoms with E-state index in [-0.39, 0.29) is 35.9 Å². The molecule has 0 saturated heterocycles. The number of hydrogen-bond donors (Lipinski definition) is 0. The van der Waals surface area contributed by atoms with Gasteiger partial charge in [0.2, 0.25) is 0 Å². The number of methoxy groups -OCH3 is 1. The number of amides is 1. The van der Waals surface area contributed by atoms with E-state index in [0.29, 0.717) is 30.4 Å². The SMILES string of the molecule is COc1cc(-c2c(F)cccc2F)ccc1C(=O)N(C1CC1)C1CCc2nn(C(=O)OCc3ccccc3)cc2C1. The highest BCUT2D eigenvalue weighted by Crippen LogP contribution is 2.37. The largest absolute Gasteiger partial charge is 0.496 e. The number of aryl methyl sites for hydroxylation is 1. The highest BCUT2D eigenvalue weighted by molar-refractivity contribution is 5.98. The third kappa shape index (κ3) is 5.44. The minimum absolute atomic E-state index is 0.0890. The lowest BCUT2D eigenvalue weighted by atomic mass is 9.91. The molecule has 6 rings (SSSR count). The van der Waals surface area contributed by atoms with Gasteiger partial charge < -0.3 is 14.4 Å². The molecular formula is C32H29F2N3O4. The van der Waals surface area contributed by atoms with Crippen LogP contribution >= 0.6 is 0 Å². The molecular weight excluding hydrogens is 528 g/mol. The second kappa shape index (κ2) is 11.2. The predicted molar refractivity (Wildman–Crippen MR) is 148 cm³/mol. The lowest BCUT2D eigenvalue weighted by Gasteiger charge is -2.34. The van der Waals surface area contributed by atoms with Gasteiger partial charge in [0.15, 0.2) is 0 Å². The van der Waals surface area contributed by atoms with Crippen LogP contribution in [0.3, 0.4) is 0 Å². The van der Waals surface area contributed by atoms with E-state index in [4.69, 9.17) is 9.47 Å². The average Bonchev–Trinajstić information content (AvgIpc) is 3.73. The van der Waals surface area contributed by atoms with Crippen LogP contribution in [0.25, 0.3) is 11.1 Å². The van der Waals surface area contributed by atoms with Crippen molar-refractivity contribution >= 4 is 12.0 Å². The molecule has 0 aliphatic heterocycles. The van der Waals surface area contributed by atoms with Crippen molar-refractivity contribution in [2.45, 2.75) is 50.8 Å². The van der Waals surface area contributed by atoms with Crippen molar-refractivity contribution in [1.82, 2.24) is 14.7 Å². The van der Waals surface area contributed by atoms with Crippen LogP contribution in [0.1, 0.15) is 46.4 Å². The Bertz CT molecular complexity index is 1580. The first-order valence-corrected chi connectivity index (χ1v) is 13.7. The summed E-state index contributed by atoms with van der Waals surface area (Å²) in [5.41, 5.74) is 3.09. The number of carbonyl (C=O) groups excluding carboxylic acids is 2. The molecule has 0 spiro atoms. The fraction of sp³-hybridized carbons (Fsp3) is 0.281. The van der Waals surface area contributed by atoms with Gasteiger partial charge in [0.05, 0.1) is 23.9 Å². The maximum Gasteiger partial charge on any atom is 0.435 e. The molecule has 9 heteroatoms. The van der Waals surface area contributed by atoms with Gasteiger partial charge in [-0.1, -0.05) is 42.5 Å². The van der Waals surface area contributed by atoms with Crippen molar-refractivity contribution < 1.29 is 27.8 Å². The van der Waals surface area contributed by atoms with Gasteiger partial charge >= 0.3 is 6.09 Å². The number of rotatable bonds is 7. The number of halogens is 2. The second-order valence-electron chi connectivity index (χ2n) is 10.4. The van der Waals surface area contributed by atoms with E-state index < -0.39 is 17.7 Å². The zero-order valence-corrected chi connectivity index (χ0v) is 22.6. The maximum absolute atomic E-state index is 14.4. The molecule has 2 aliphatic rings. The Morgan fingerprint density at radius 3 is 2.44 bits per heavy atom. The van der Waals surface area contributed by atoms with Crippen molar-refractivity contribution in [2.75, 3.05) is 7.11 Å². The molecule has 0 bridgehead atoms. The number of hydrogen-bond acceptors (Lipinski definition) is 5. The normalized spacial score (nSPS) is 16.1. The fourth-order valence-electron chi connectivity index (χ4n) is 5.52. The first-order valence-electron chi connectivity index (χ1n) is 13.7. The van der Waals surface area contributed by atoms with Crippen LogP contribution in [0.15, 0.2) is 72.9 Å². The van der Waals surface area contributed by atoms with Crippen LogP contribution in [0.4, 0.5) is 13.6 Å². The topological polar surface area (TPSA) is 73.7 Å². The summed E-state index contributed by atoms with van der Waals surface area (Å²) in [5, 5.41) is 4.46. The van der Waals surface area contributed by atoms with Gasteiger partial charge in [0.1, 0.15) is 24.0 Å². The summed E-state index contributed by atoms with van der Waals surface area (Å²) < 4.78 is 41.0. The average molecular weight is 558 g/mol. The van der Waals surface area contributed by atoms with E-state index in [1.807, 2.05) is 35.2 Å². The quantitative estimate of drug-likeness (QED) is 0.271. The summed E-state index contributed by atoms with van der Waals surface area (Å²) in [6.45, 7) is 0.154. The minimum Gasteiger partial charge on any atom is -0.496 e. The molecule has 41 heavy (non-hydrogen) atoms. The molecule has 1 saturated carbocycles. The highest BCUT2D eigenvalue weighted by atomic mass is 19.1. The molecule has 3 aromatic carbocycles. The van der Waals surface area contributed by atoms with E-state index in [9.17, 15) is 18.4 Å². The summed E-state index contributed by atoms with van der Waals surface area (Å²) in [4.78, 5) is 28.5. The summed E-state index contributed by atoms with van der Waals surface area (Å²) in [5.74, 6) is -1.30. The zero-order valence-electron chi connectivity index (χ0n) is 22.6. The van der Waals surface area contributed by atoms with E-state index >= 15 is 0 Å². The Balaban J connectivity index is 1.20. The Morgan fingerprint density at radius 2 is 1.73 bits per heavy atom. The van der Waals surface area contributed by atoms with Crippen LogP contribution in [0.2, 0.25) is 0 Å². The predicted octanol–water partition coefficient (Wildman–Crippen LogP) is 6.18. The zero-order chi connectivity index (χ0) is 28.5. The minimum atomic E-state index is -0.687. The van der Waals surface area contributed by atoms with Gasteiger partial charge in [0, 0.05) is 18.3 Å². The van der Waals surface area contributed by atoms with Gasteiger partial charge in [-0.05, 0) is 73.1 Å². The van der Waals surface area contributed by atoms with Crippen molar-refractivity contribution in [3.63, 3.8) is 0 Å². The summed E-state index contributed by atoms with van der Waals surface area (Å²) in [6.07, 6.45) is 4.84. The lowest BCUT2D eigenvalue weighted by molar-refractivity contribution is 0.0639. The first kappa shape index (κ1) is 26.7. The van der Waals surface area contributed by atoms with Crippen molar-refractivity contribution in [3.05, 3.63) is 107 Å². The number of nitrogens with zero attached hydrogens (tertiary/aromatic N) is 3. The van der Waals surface area contributed by atoms with Gasteiger partial charge in [-0.25, -0.2) is 13.6 Å². The van der Waals surface area contributed by atoms with E-state index in [1.54, 1.807) is 18.3 Å². The van der Waals surface area contributed by atoms with Crippen LogP contribution in [0, 0.1) is 11.6 Å². The summed E-state index contributed by atoms with van der Waals surface area (Å²) >= 11 is 0. The lowest BCUT2D eigenvalue weighted by Crippen LogP contribution is -2.45.